The van der Waals surface area contributed by atoms with Crippen molar-refractivity contribution < 1.29 is 0 Å². The van der Waals surface area contributed by atoms with E-state index in [1.165, 1.54) is 26.2 Å². The molecule has 1 fully saturated rings. The third kappa shape index (κ3) is 3.47. The summed E-state index contributed by atoms with van der Waals surface area (Å²) in [7, 11) is 2.18. The lowest BCUT2D eigenvalue weighted by Gasteiger charge is -2.32. The van der Waals surface area contributed by atoms with Crippen LogP contribution in [0.3, 0.4) is 0 Å². The molecule has 1 aromatic rings. The van der Waals surface area contributed by atoms with E-state index < -0.39 is 0 Å². The summed E-state index contributed by atoms with van der Waals surface area (Å²) >= 11 is 0. The number of aromatic nitrogens is 1. The Bertz CT molecular complexity index is 293. The number of hydrogen-bond donors (Lipinski definition) is 1. The maximum Gasteiger partial charge on any atom is 0.125 e. The van der Waals surface area contributed by atoms with Crippen LogP contribution in [0.2, 0.25) is 0 Å². The summed E-state index contributed by atoms with van der Waals surface area (Å²) in [5.74, 6) is 0.969. The number of hydrogen-bond acceptors (Lipinski definition) is 4. The van der Waals surface area contributed by atoms with Crippen LogP contribution in [0.25, 0.3) is 0 Å². The van der Waals surface area contributed by atoms with Crippen LogP contribution in [0.5, 0.6) is 0 Å². The van der Waals surface area contributed by atoms with Gasteiger partial charge in [-0.05, 0) is 19.2 Å². The van der Waals surface area contributed by atoms with Gasteiger partial charge in [-0.3, -0.25) is 4.90 Å². The van der Waals surface area contributed by atoms with Crippen LogP contribution >= 0.6 is 0 Å². The van der Waals surface area contributed by atoms with Gasteiger partial charge in [0.2, 0.25) is 0 Å². The van der Waals surface area contributed by atoms with E-state index in [4.69, 9.17) is 0 Å². The van der Waals surface area contributed by atoms with Crippen LogP contribution in [0.1, 0.15) is 0 Å². The standard InChI is InChI=1S/C12H20N4/c1-15-8-10-16(11-9-15)7-6-14-12-4-2-3-5-13-12/h2-5H,6-11H2,1H3,(H,13,14). The Balaban J connectivity index is 1.65. The molecule has 16 heavy (non-hydrogen) atoms. The minimum absolute atomic E-state index is 0.969. The number of rotatable bonds is 4. The normalized spacial score (nSPS) is 18.6. The fourth-order valence-corrected chi connectivity index (χ4v) is 1.88. The molecule has 2 heterocycles. The second kappa shape index (κ2) is 5.82. The summed E-state index contributed by atoms with van der Waals surface area (Å²) in [5.41, 5.74) is 0. The molecule has 2 rings (SSSR count). The van der Waals surface area contributed by atoms with Gasteiger partial charge >= 0.3 is 0 Å². The Morgan fingerprint density at radius 3 is 2.75 bits per heavy atom. The zero-order valence-electron chi connectivity index (χ0n) is 9.89. The van der Waals surface area contributed by atoms with Gasteiger partial charge in [-0.15, -0.1) is 0 Å². The summed E-state index contributed by atoms with van der Waals surface area (Å²) in [4.78, 5) is 9.11. The third-order valence-corrected chi connectivity index (χ3v) is 2.99. The Kier molecular flexibility index (Phi) is 4.13. The predicted molar refractivity (Wildman–Crippen MR) is 66.7 cm³/mol. The van der Waals surface area contributed by atoms with E-state index in [1.54, 1.807) is 0 Å². The molecule has 4 nitrogen and oxygen atoms in total. The van der Waals surface area contributed by atoms with Crippen LogP contribution in [-0.4, -0.2) is 61.1 Å². The highest BCUT2D eigenvalue weighted by Gasteiger charge is 2.12. The molecule has 1 aliphatic rings. The van der Waals surface area contributed by atoms with E-state index in [0.29, 0.717) is 0 Å². The van der Waals surface area contributed by atoms with Crippen molar-refractivity contribution in [1.29, 1.82) is 0 Å². The molecular weight excluding hydrogens is 200 g/mol. The number of likely N-dealkylation sites (N-methyl/N-ethyl adjacent to an activating group) is 1. The SMILES string of the molecule is CN1CCN(CCNc2ccccn2)CC1. The van der Waals surface area contributed by atoms with Gasteiger partial charge in [0.1, 0.15) is 5.82 Å². The van der Waals surface area contributed by atoms with E-state index >= 15 is 0 Å². The molecule has 1 aliphatic heterocycles. The fraction of sp³-hybridized carbons (Fsp3) is 0.583. The van der Waals surface area contributed by atoms with Gasteiger partial charge in [-0.1, -0.05) is 6.07 Å². The van der Waals surface area contributed by atoms with Crippen LogP contribution in [0, 0.1) is 0 Å². The van der Waals surface area contributed by atoms with E-state index in [9.17, 15) is 0 Å². The lowest BCUT2D eigenvalue weighted by Crippen LogP contribution is -2.45. The van der Waals surface area contributed by atoms with E-state index in [0.717, 1.165) is 18.9 Å². The van der Waals surface area contributed by atoms with Crippen molar-refractivity contribution in [2.75, 3.05) is 51.6 Å². The average molecular weight is 220 g/mol. The number of nitrogens with one attached hydrogen (secondary N) is 1. The lowest BCUT2D eigenvalue weighted by molar-refractivity contribution is 0.158. The molecule has 0 unspecified atom stereocenters. The van der Waals surface area contributed by atoms with Gasteiger partial charge in [-0.2, -0.15) is 0 Å². The van der Waals surface area contributed by atoms with Gasteiger partial charge in [0.25, 0.3) is 0 Å². The molecule has 1 aromatic heterocycles. The molecule has 0 radical (unpaired) electrons. The molecule has 4 heteroatoms. The first-order chi connectivity index (χ1) is 7.84. The molecule has 0 spiro atoms. The molecule has 0 amide bonds. The van der Waals surface area contributed by atoms with E-state index in [2.05, 4.69) is 27.1 Å². The minimum atomic E-state index is 0.969. The minimum Gasteiger partial charge on any atom is -0.369 e. The highest BCUT2D eigenvalue weighted by atomic mass is 15.2. The zero-order chi connectivity index (χ0) is 11.2. The molecule has 0 aliphatic carbocycles. The van der Waals surface area contributed by atoms with Gasteiger partial charge < -0.3 is 10.2 Å². The number of anilines is 1. The highest BCUT2D eigenvalue weighted by molar-refractivity contribution is 5.32. The maximum absolute atomic E-state index is 4.24. The van der Waals surface area contributed by atoms with Crippen LogP contribution in [0.4, 0.5) is 5.82 Å². The summed E-state index contributed by atoms with van der Waals surface area (Å²) in [6.07, 6.45) is 1.82. The Labute approximate surface area is 97.3 Å². The van der Waals surface area contributed by atoms with Gasteiger partial charge in [0.15, 0.2) is 0 Å². The molecule has 1 N–H and O–H groups in total. The third-order valence-electron chi connectivity index (χ3n) is 2.99. The van der Waals surface area contributed by atoms with Gasteiger partial charge in [0.05, 0.1) is 0 Å². The van der Waals surface area contributed by atoms with Crippen molar-refractivity contribution in [3.8, 4) is 0 Å². The van der Waals surface area contributed by atoms with Crippen molar-refractivity contribution in [3.63, 3.8) is 0 Å². The van der Waals surface area contributed by atoms with Crippen LogP contribution in [-0.2, 0) is 0 Å². The lowest BCUT2D eigenvalue weighted by atomic mass is 10.3. The maximum atomic E-state index is 4.24. The van der Waals surface area contributed by atoms with Crippen LogP contribution < -0.4 is 5.32 Å². The van der Waals surface area contributed by atoms with Crippen molar-refractivity contribution >= 4 is 5.82 Å². The number of pyridine rings is 1. The second-order valence-electron chi connectivity index (χ2n) is 4.29. The molecule has 0 bridgehead atoms. The van der Waals surface area contributed by atoms with Crippen molar-refractivity contribution in [2.24, 2.45) is 0 Å². The molecular formula is C12H20N4. The van der Waals surface area contributed by atoms with Crippen molar-refractivity contribution in [1.82, 2.24) is 14.8 Å². The number of nitrogens with zero attached hydrogens (tertiary/aromatic N) is 3. The zero-order valence-corrected chi connectivity index (χ0v) is 9.89. The molecule has 0 aromatic carbocycles. The smallest absolute Gasteiger partial charge is 0.125 e. The van der Waals surface area contributed by atoms with Crippen molar-refractivity contribution in [2.45, 2.75) is 0 Å². The molecule has 1 saturated heterocycles. The van der Waals surface area contributed by atoms with E-state index in [-0.39, 0.29) is 0 Å². The Morgan fingerprint density at radius 1 is 1.25 bits per heavy atom. The number of piperazine rings is 1. The topological polar surface area (TPSA) is 31.4 Å². The largest absolute Gasteiger partial charge is 0.369 e. The predicted octanol–water partition coefficient (Wildman–Crippen LogP) is 0.741. The monoisotopic (exact) mass is 220 g/mol. The van der Waals surface area contributed by atoms with Gasteiger partial charge in [-0.25, -0.2) is 4.98 Å². The fourth-order valence-electron chi connectivity index (χ4n) is 1.88. The van der Waals surface area contributed by atoms with Gasteiger partial charge in [0, 0.05) is 45.5 Å². The molecule has 88 valence electrons. The summed E-state index contributed by atoms with van der Waals surface area (Å²) < 4.78 is 0. The van der Waals surface area contributed by atoms with Crippen molar-refractivity contribution in [3.05, 3.63) is 24.4 Å². The van der Waals surface area contributed by atoms with E-state index in [1.807, 2.05) is 24.4 Å². The first-order valence-electron chi connectivity index (χ1n) is 5.90. The quantitative estimate of drug-likeness (QED) is 0.811. The summed E-state index contributed by atoms with van der Waals surface area (Å²) in [5, 5.41) is 3.34. The average Bonchev–Trinajstić information content (AvgIpc) is 2.33. The molecule has 0 atom stereocenters. The van der Waals surface area contributed by atoms with Crippen LogP contribution in [0.15, 0.2) is 24.4 Å². The first kappa shape index (κ1) is 11.4. The summed E-state index contributed by atoms with van der Waals surface area (Å²) in [6, 6.07) is 5.95. The Morgan fingerprint density at radius 2 is 2.06 bits per heavy atom. The highest BCUT2D eigenvalue weighted by Crippen LogP contribution is 2.01. The second-order valence-corrected chi connectivity index (χ2v) is 4.29. The summed E-state index contributed by atoms with van der Waals surface area (Å²) in [6.45, 7) is 6.80. The molecule has 0 saturated carbocycles. The first-order valence-corrected chi connectivity index (χ1v) is 5.90. The Hall–Kier alpha value is -1.13.